The van der Waals surface area contributed by atoms with E-state index < -0.39 is 0 Å². The van der Waals surface area contributed by atoms with Gasteiger partial charge in [0, 0.05) is 0 Å². The lowest BCUT2D eigenvalue weighted by Gasteiger charge is -2.57. The van der Waals surface area contributed by atoms with E-state index in [0.717, 1.165) is 42.4 Å². The highest BCUT2D eigenvalue weighted by Crippen LogP contribution is 2.66. The zero-order valence-electron chi connectivity index (χ0n) is 17.1. The monoisotopic (exact) mass is 344 g/mol. The largest absolute Gasteiger partial charge is 0.393 e. The number of hydrogen-bond donors (Lipinski definition) is 1. The number of rotatable bonds is 3. The quantitative estimate of drug-likeness (QED) is 0.590. The van der Waals surface area contributed by atoms with Crippen molar-refractivity contribution in [2.24, 2.45) is 40.4 Å². The highest BCUT2D eigenvalue weighted by molar-refractivity contribution is 5.27. The standard InChI is InChI=1S/C24H40O/c1-5-6-16(2)20-9-10-21-19-8-7-17-15-18(25)11-13-23(17,3)22(19)12-14-24(20,21)4/h8,16-18,20-22,25H,5-7,9-15H2,1-4H3/t16-,17+,18+,20-,21+,22+,23+,24-/m1/s1. The average Bonchev–Trinajstić information content (AvgIpc) is 2.93. The molecule has 0 bridgehead atoms. The molecule has 0 amide bonds. The van der Waals surface area contributed by atoms with Crippen molar-refractivity contribution in [2.45, 2.75) is 98.0 Å². The Labute approximate surface area is 155 Å². The minimum atomic E-state index is -0.0346. The van der Waals surface area contributed by atoms with Crippen LogP contribution < -0.4 is 0 Å². The Kier molecular flexibility index (Phi) is 4.63. The van der Waals surface area contributed by atoms with Gasteiger partial charge in [0.2, 0.25) is 0 Å². The zero-order chi connectivity index (χ0) is 17.8. The molecule has 4 aliphatic carbocycles. The van der Waals surface area contributed by atoms with E-state index in [-0.39, 0.29) is 6.10 Å². The van der Waals surface area contributed by atoms with E-state index >= 15 is 0 Å². The first-order valence-electron chi connectivity index (χ1n) is 11.3. The van der Waals surface area contributed by atoms with Gasteiger partial charge in [-0.15, -0.1) is 0 Å². The van der Waals surface area contributed by atoms with Crippen LogP contribution in [0.2, 0.25) is 0 Å². The van der Waals surface area contributed by atoms with E-state index in [2.05, 4.69) is 33.8 Å². The van der Waals surface area contributed by atoms with Gasteiger partial charge in [0.05, 0.1) is 6.10 Å². The van der Waals surface area contributed by atoms with Crippen LogP contribution in [0.5, 0.6) is 0 Å². The van der Waals surface area contributed by atoms with Crippen LogP contribution in [0, 0.1) is 40.4 Å². The summed E-state index contributed by atoms with van der Waals surface area (Å²) >= 11 is 0. The Bertz CT molecular complexity index is 536. The molecule has 0 spiro atoms. The number of aliphatic hydroxyl groups excluding tert-OH is 1. The second-order valence-corrected chi connectivity index (χ2v) is 10.7. The van der Waals surface area contributed by atoms with E-state index in [4.69, 9.17) is 0 Å². The molecule has 1 heteroatoms. The maximum atomic E-state index is 10.2. The molecule has 4 aliphatic rings. The summed E-state index contributed by atoms with van der Waals surface area (Å²) in [5.74, 6) is 4.25. The number of allylic oxidation sites excluding steroid dienone is 2. The second kappa shape index (κ2) is 6.39. The first kappa shape index (κ1) is 18.1. The van der Waals surface area contributed by atoms with Crippen LogP contribution in [0.4, 0.5) is 0 Å². The summed E-state index contributed by atoms with van der Waals surface area (Å²) in [5, 5.41) is 10.2. The summed E-state index contributed by atoms with van der Waals surface area (Å²) in [5.41, 5.74) is 2.90. The molecule has 0 unspecified atom stereocenters. The molecule has 0 radical (unpaired) electrons. The molecule has 1 N–H and O–H groups in total. The summed E-state index contributed by atoms with van der Waals surface area (Å²) in [6.45, 7) is 10.1. The van der Waals surface area contributed by atoms with Gasteiger partial charge in [-0.3, -0.25) is 0 Å². The molecule has 3 saturated carbocycles. The van der Waals surface area contributed by atoms with Crippen molar-refractivity contribution in [3.05, 3.63) is 11.6 Å². The van der Waals surface area contributed by atoms with E-state index in [0.29, 0.717) is 10.8 Å². The molecule has 142 valence electrons. The molecule has 0 aliphatic heterocycles. The van der Waals surface area contributed by atoms with E-state index in [1.54, 1.807) is 0 Å². The zero-order valence-corrected chi connectivity index (χ0v) is 17.1. The van der Waals surface area contributed by atoms with Crippen LogP contribution in [0.1, 0.15) is 91.9 Å². The molecule has 0 saturated heterocycles. The molecule has 0 aromatic heterocycles. The topological polar surface area (TPSA) is 20.2 Å². The molecule has 25 heavy (non-hydrogen) atoms. The Morgan fingerprint density at radius 3 is 2.56 bits per heavy atom. The minimum absolute atomic E-state index is 0.0346. The number of fused-ring (bicyclic) bond motifs is 5. The van der Waals surface area contributed by atoms with E-state index in [1.807, 2.05) is 5.57 Å². The smallest absolute Gasteiger partial charge is 0.0543 e. The molecule has 4 rings (SSSR count). The number of hydrogen-bond acceptors (Lipinski definition) is 1. The summed E-state index contributed by atoms with van der Waals surface area (Å²) in [6, 6.07) is 0. The maximum Gasteiger partial charge on any atom is 0.0543 e. The first-order chi connectivity index (χ1) is 11.9. The third-order valence-corrected chi connectivity index (χ3v) is 9.56. The summed E-state index contributed by atoms with van der Waals surface area (Å²) in [6.07, 6.45) is 15.7. The van der Waals surface area contributed by atoms with Crippen molar-refractivity contribution in [3.8, 4) is 0 Å². The highest BCUT2D eigenvalue weighted by atomic mass is 16.3. The predicted octanol–water partition coefficient (Wildman–Crippen LogP) is 6.36. The van der Waals surface area contributed by atoms with Gasteiger partial charge in [0.25, 0.3) is 0 Å². The van der Waals surface area contributed by atoms with Crippen molar-refractivity contribution >= 4 is 0 Å². The number of aliphatic hydroxyl groups is 1. The minimum Gasteiger partial charge on any atom is -0.393 e. The first-order valence-corrected chi connectivity index (χ1v) is 11.3. The highest BCUT2D eigenvalue weighted by Gasteiger charge is 2.57. The van der Waals surface area contributed by atoms with Gasteiger partial charge in [0.15, 0.2) is 0 Å². The molecular formula is C24H40O. The molecule has 3 fully saturated rings. The van der Waals surface area contributed by atoms with E-state index in [9.17, 15) is 5.11 Å². The van der Waals surface area contributed by atoms with Gasteiger partial charge >= 0.3 is 0 Å². The normalized spacial score (nSPS) is 50.4. The molecule has 8 atom stereocenters. The lowest BCUT2D eigenvalue weighted by molar-refractivity contribution is -0.0427. The molecular weight excluding hydrogens is 304 g/mol. The summed E-state index contributed by atoms with van der Waals surface area (Å²) in [7, 11) is 0. The van der Waals surface area contributed by atoms with Crippen LogP contribution >= 0.6 is 0 Å². The second-order valence-electron chi connectivity index (χ2n) is 10.7. The van der Waals surface area contributed by atoms with Crippen LogP contribution in [0.25, 0.3) is 0 Å². The van der Waals surface area contributed by atoms with Crippen LogP contribution in [0.15, 0.2) is 11.6 Å². The van der Waals surface area contributed by atoms with Gasteiger partial charge in [-0.1, -0.05) is 52.2 Å². The summed E-state index contributed by atoms with van der Waals surface area (Å²) in [4.78, 5) is 0. The molecule has 0 aromatic carbocycles. The van der Waals surface area contributed by atoms with Crippen molar-refractivity contribution < 1.29 is 5.11 Å². The van der Waals surface area contributed by atoms with Crippen LogP contribution in [-0.4, -0.2) is 11.2 Å². The van der Waals surface area contributed by atoms with Crippen LogP contribution in [-0.2, 0) is 0 Å². The van der Waals surface area contributed by atoms with Crippen molar-refractivity contribution in [2.75, 3.05) is 0 Å². The van der Waals surface area contributed by atoms with E-state index in [1.165, 1.54) is 51.4 Å². The van der Waals surface area contributed by atoms with Crippen molar-refractivity contribution in [3.63, 3.8) is 0 Å². The Morgan fingerprint density at radius 2 is 1.80 bits per heavy atom. The van der Waals surface area contributed by atoms with Crippen molar-refractivity contribution in [1.29, 1.82) is 0 Å². The fraction of sp³-hybridized carbons (Fsp3) is 0.917. The maximum absolute atomic E-state index is 10.2. The fourth-order valence-corrected chi connectivity index (χ4v) is 8.12. The molecule has 1 nitrogen and oxygen atoms in total. The third-order valence-electron chi connectivity index (χ3n) is 9.56. The Hall–Kier alpha value is -0.300. The van der Waals surface area contributed by atoms with Crippen LogP contribution in [0.3, 0.4) is 0 Å². The molecule has 0 aromatic rings. The lowest BCUT2D eigenvalue weighted by Crippen LogP contribution is -2.49. The van der Waals surface area contributed by atoms with Gasteiger partial charge in [-0.2, -0.15) is 0 Å². The predicted molar refractivity (Wildman–Crippen MR) is 105 cm³/mol. The van der Waals surface area contributed by atoms with Gasteiger partial charge in [0.1, 0.15) is 0 Å². The lowest BCUT2D eigenvalue weighted by atomic mass is 9.47. The van der Waals surface area contributed by atoms with Gasteiger partial charge in [-0.05, 0) is 91.8 Å². The Morgan fingerprint density at radius 1 is 1.08 bits per heavy atom. The van der Waals surface area contributed by atoms with Gasteiger partial charge < -0.3 is 5.11 Å². The summed E-state index contributed by atoms with van der Waals surface area (Å²) < 4.78 is 0. The third kappa shape index (κ3) is 2.67. The van der Waals surface area contributed by atoms with Crippen molar-refractivity contribution in [1.82, 2.24) is 0 Å². The fourth-order valence-electron chi connectivity index (χ4n) is 8.12. The molecule has 0 heterocycles. The average molecular weight is 345 g/mol. The van der Waals surface area contributed by atoms with Gasteiger partial charge in [-0.25, -0.2) is 0 Å². The Balaban J connectivity index is 1.61. The SMILES string of the molecule is CCC[C@@H](C)[C@H]1CC[C@H]2C3=CC[C@H]4C[C@@H](O)CC[C@]4(C)[C@H]3CC[C@]12C.